The van der Waals surface area contributed by atoms with Crippen LogP contribution in [0.1, 0.15) is 44.2 Å². The number of anilines is 1. The summed E-state index contributed by atoms with van der Waals surface area (Å²) in [4.78, 5) is 40.1. The van der Waals surface area contributed by atoms with Gasteiger partial charge in [0.25, 0.3) is 5.69 Å². The standard InChI is InChI=1S/C39H37BN2O7/c1-23(2)31-21-32-37(39(45)41(38(32)44)27-11-8-12-28(20-27)42(47)48)33-22-40(46)49-35(36(31)33)18-16-25(24-9-4-3-5-10-24)19-26-15-17-34(43)30-14-7-6-13-29(26)30/h3-15,17,19-20,23,32-33,35,37,43,46H,16,18,21-22H2,1-2H3/b25-19-/t32-,33+,35-,37-/m1/s1. The number of nitro benzene ring substituents is 1. The third-order valence-corrected chi connectivity index (χ3v) is 10.3. The number of phenols is 1. The third kappa shape index (κ3) is 5.96. The Morgan fingerprint density at radius 2 is 1.71 bits per heavy atom. The van der Waals surface area contributed by atoms with E-state index in [0.717, 1.165) is 43.5 Å². The third-order valence-electron chi connectivity index (χ3n) is 10.3. The monoisotopic (exact) mass is 656 g/mol. The highest BCUT2D eigenvalue weighted by Crippen LogP contribution is 2.53. The molecule has 9 nitrogen and oxygen atoms in total. The number of amides is 2. The topological polar surface area (TPSA) is 130 Å². The molecule has 0 unspecified atom stereocenters. The molecule has 4 aromatic rings. The lowest BCUT2D eigenvalue weighted by Gasteiger charge is -2.44. The van der Waals surface area contributed by atoms with Crippen molar-refractivity contribution in [2.45, 2.75) is 45.5 Å². The fraction of sp³-hybridized carbons (Fsp3) is 0.282. The summed E-state index contributed by atoms with van der Waals surface area (Å²) in [5.41, 5.74) is 5.12. The minimum absolute atomic E-state index is 0.0713. The fourth-order valence-electron chi connectivity index (χ4n) is 8.11. The Kier molecular flexibility index (Phi) is 8.69. The summed E-state index contributed by atoms with van der Waals surface area (Å²) < 4.78 is 6.28. The number of nitrogens with zero attached hydrogens (tertiary/aromatic N) is 2. The van der Waals surface area contributed by atoms with Crippen LogP contribution in [0.3, 0.4) is 0 Å². The van der Waals surface area contributed by atoms with E-state index < -0.39 is 41.8 Å². The van der Waals surface area contributed by atoms with Crippen LogP contribution in [0.25, 0.3) is 22.4 Å². The summed E-state index contributed by atoms with van der Waals surface area (Å²) in [6, 6.07) is 27.0. The maximum Gasteiger partial charge on any atom is 0.455 e. The summed E-state index contributed by atoms with van der Waals surface area (Å²) in [7, 11) is -1.12. The molecule has 2 amide bonds. The van der Waals surface area contributed by atoms with Gasteiger partial charge in [0.2, 0.25) is 11.8 Å². The fourth-order valence-corrected chi connectivity index (χ4v) is 8.11. The molecule has 0 aromatic heterocycles. The Morgan fingerprint density at radius 3 is 2.45 bits per heavy atom. The van der Waals surface area contributed by atoms with Gasteiger partial charge in [-0.1, -0.05) is 92.2 Å². The molecule has 2 heterocycles. The molecule has 7 rings (SSSR count). The molecule has 2 fully saturated rings. The van der Waals surface area contributed by atoms with Gasteiger partial charge in [-0.3, -0.25) is 19.7 Å². The molecule has 49 heavy (non-hydrogen) atoms. The number of benzene rings is 4. The van der Waals surface area contributed by atoms with Crippen LogP contribution in [-0.2, 0) is 14.2 Å². The van der Waals surface area contributed by atoms with E-state index in [0.29, 0.717) is 19.3 Å². The number of carbonyl (C=O) groups excluding carboxylic acids is 2. The summed E-state index contributed by atoms with van der Waals surface area (Å²) in [5.74, 6) is -2.18. The minimum Gasteiger partial charge on any atom is -0.507 e. The van der Waals surface area contributed by atoms with Crippen molar-refractivity contribution in [2.75, 3.05) is 4.90 Å². The highest BCUT2D eigenvalue weighted by Gasteiger charge is 2.58. The van der Waals surface area contributed by atoms with E-state index in [-0.39, 0.29) is 35.3 Å². The smallest absolute Gasteiger partial charge is 0.455 e. The van der Waals surface area contributed by atoms with Crippen molar-refractivity contribution < 1.29 is 29.3 Å². The van der Waals surface area contributed by atoms with Crippen molar-refractivity contribution in [1.29, 1.82) is 0 Å². The van der Waals surface area contributed by atoms with Crippen LogP contribution in [0.4, 0.5) is 11.4 Å². The first kappa shape index (κ1) is 32.5. The second-order valence-electron chi connectivity index (χ2n) is 13.5. The molecule has 1 aliphatic carbocycles. The molecule has 2 N–H and O–H groups in total. The predicted octanol–water partition coefficient (Wildman–Crippen LogP) is 7.43. The Bertz CT molecular complexity index is 2020. The van der Waals surface area contributed by atoms with Gasteiger partial charge < -0.3 is 14.8 Å². The molecule has 10 heteroatoms. The van der Waals surface area contributed by atoms with E-state index in [1.807, 2.05) is 48.5 Å². The Morgan fingerprint density at radius 1 is 0.980 bits per heavy atom. The number of imide groups is 1. The summed E-state index contributed by atoms with van der Waals surface area (Å²) in [6.45, 7) is 4.15. The first-order valence-corrected chi connectivity index (χ1v) is 16.8. The van der Waals surface area contributed by atoms with Gasteiger partial charge in [-0.05, 0) is 77.2 Å². The Hall–Kier alpha value is -5.06. The van der Waals surface area contributed by atoms with Crippen molar-refractivity contribution in [3.63, 3.8) is 0 Å². The van der Waals surface area contributed by atoms with Crippen molar-refractivity contribution in [1.82, 2.24) is 0 Å². The maximum atomic E-state index is 14.1. The predicted molar refractivity (Wildman–Crippen MR) is 189 cm³/mol. The lowest BCUT2D eigenvalue weighted by atomic mass is 9.57. The van der Waals surface area contributed by atoms with Crippen LogP contribution in [0.5, 0.6) is 5.75 Å². The zero-order chi connectivity index (χ0) is 34.4. The number of aromatic hydroxyl groups is 1. The molecule has 248 valence electrons. The van der Waals surface area contributed by atoms with E-state index in [1.54, 1.807) is 12.1 Å². The van der Waals surface area contributed by atoms with Crippen LogP contribution in [0.15, 0.2) is 102 Å². The normalized spacial score (nSPS) is 22.6. The van der Waals surface area contributed by atoms with Gasteiger partial charge >= 0.3 is 7.12 Å². The second kappa shape index (κ2) is 13.1. The second-order valence-corrected chi connectivity index (χ2v) is 13.5. The molecule has 0 spiro atoms. The largest absolute Gasteiger partial charge is 0.507 e. The lowest BCUT2D eigenvalue weighted by molar-refractivity contribution is -0.384. The lowest BCUT2D eigenvalue weighted by Crippen LogP contribution is -2.46. The molecule has 4 atom stereocenters. The molecule has 4 aromatic carbocycles. The minimum atomic E-state index is -1.12. The highest BCUT2D eigenvalue weighted by atomic mass is 16.6. The molecule has 2 aliphatic heterocycles. The SMILES string of the molecule is CC(C)C1=C2[C@@H](CC/C(=C/c3ccc(O)c4ccccc34)c3ccccc3)OB(O)C[C@@H]2[C@@H]2C(=O)N(c3cccc([N+](=O)[O-])c3)C(=O)[C@@H]2C1. The summed E-state index contributed by atoms with van der Waals surface area (Å²) in [6.07, 6.45) is 3.36. The number of hydrogen-bond acceptors (Lipinski definition) is 7. The molecule has 0 saturated carbocycles. The molecule has 2 saturated heterocycles. The quantitative estimate of drug-likeness (QED) is 0.0504. The van der Waals surface area contributed by atoms with Gasteiger partial charge in [-0.25, -0.2) is 4.90 Å². The van der Waals surface area contributed by atoms with Gasteiger partial charge in [0.05, 0.1) is 28.6 Å². The molecule has 3 aliphatic rings. The van der Waals surface area contributed by atoms with E-state index in [9.17, 15) is 29.8 Å². The summed E-state index contributed by atoms with van der Waals surface area (Å²) >= 11 is 0. The number of fused-ring (bicyclic) bond motifs is 4. The molecule has 0 radical (unpaired) electrons. The first-order chi connectivity index (χ1) is 23.6. The summed E-state index contributed by atoms with van der Waals surface area (Å²) in [5, 5.41) is 34.8. The van der Waals surface area contributed by atoms with Crippen LogP contribution in [0.2, 0.25) is 6.32 Å². The van der Waals surface area contributed by atoms with Gasteiger partial charge in [-0.15, -0.1) is 0 Å². The number of nitro groups is 1. The van der Waals surface area contributed by atoms with Gasteiger partial charge in [0.1, 0.15) is 5.75 Å². The van der Waals surface area contributed by atoms with Gasteiger partial charge in [-0.2, -0.15) is 0 Å². The van der Waals surface area contributed by atoms with E-state index in [2.05, 4.69) is 32.1 Å². The van der Waals surface area contributed by atoms with E-state index in [4.69, 9.17) is 4.65 Å². The molecular formula is C39H37BN2O7. The van der Waals surface area contributed by atoms with E-state index >= 15 is 0 Å². The average Bonchev–Trinajstić information content (AvgIpc) is 3.36. The number of non-ortho nitro benzene ring substituents is 1. The number of hydrogen-bond donors (Lipinski definition) is 2. The molecule has 0 bridgehead atoms. The van der Waals surface area contributed by atoms with Crippen LogP contribution >= 0.6 is 0 Å². The Labute approximate surface area is 284 Å². The first-order valence-electron chi connectivity index (χ1n) is 16.8. The van der Waals surface area contributed by atoms with Gasteiger partial charge in [0.15, 0.2) is 0 Å². The average molecular weight is 657 g/mol. The van der Waals surface area contributed by atoms with E-state index in [1.165, 1.54) is 18.2 Å². The van der Waals surface area contributed by atoms with Crippen molar-refractivity contribution in [2.24, 2.45) is 23.7 Å². The van der Waals surface area contributed by atoms with Crippen LogP contribution in [0, 0.1) is 33.8 Å². The number of carbonyl (C=O) groups is 2. The molecular weight excluding hydrogens is 619 g/mol. The number of phenolic OH excluding ortho intramolecular Hbond substituents is 1. The van der Waals surface area contributed by atoms with Crippen LogP contribution < -0.4 is 4.90 Å². The maximum absolute atomic E-state index is 14.1. The van der Waals surface area contributed by atoms with Gasteiger partial charge in [0, 0.05) is 17.5 Å². The zero-order valence-electron chi connectivity index (χ0n) is 27.4. The van der Waals surface area contributed by atoms with Crippen molar-refractivity contribution in [3.8, 4) is 5.75 Å². The van der Waals surface area contributed by atoms with Crippen molar-refractivity contribution in [3.05, 3.63) is 123 Å². The number of rotatable bonds is 8. The Balaban J connectivity index is 1.24. The van der Waals surface area contributed by atoms with Crippen LogP contribution in [-0.4, -0.2) is 40.1 Å². The number of allylic oxidation sites excluding steroid dienone is 2. The van der Waals surface area contributed by atoms with Crippen molar-refractivity contribution >= 4 is 52.7 Å². The highest BCUT2D eigenvalue weighted by molar-refractivity contribution is 6.43. The zero-order valence-corrected chi connectivity index (χ0v) is 27.4.